The zero-order valence-electron chi connectivity index (χ0n) is 15.8. The van der Waals surface area contributed by atoms with Crippen molar-refractivity contribution in [1.82, 2.24) is 0 Å². The first kappa shape index (κ1) is 19.1. The summed E-state index contributed by atoms with van der Waals surface area (Å²) >= 11 is 0. The summed E-state index contributed by atoms with van der Waals surface area (Å²) in [6.07, 6.45) is 6.21. The lowest BCUT2D eigenvalue weighted by Gasteiger charge is -2.52. The molecule has 1 N–H and O–H groups in total. The van der Waals surface area contributed by atoms with Crippen LogP contribution in [0.1, 0.15) is 79.7 Å². The van der Waals surface area contributed by atoms with Crippen molar-refractivity contribution in [3.8, 4) is 5.75 Å². The normalized spacial score (nSPS) is 13.4. The third-order valence-electron chi connectivity index (χ3n) is 5.89. The van der Waals surface area contributed by atoms with Gasteiger partial charge in [-0.2, -0.15) is 0 Å². The summed E-state index contributed by atoms with van der Waals surface area (Å²) in [5, 5.41) is 9.31. The van der Waals surface area contributed by atoms with Gasteiger partial charge in [0.05, 0.1) is 0 Å². The van der Waals surface area contributed by atoms with Gasteiger partial charge in [-0.1, -0.05) is 73.4 Å². The molecule has 0 fully saturated rings. The van der Waals surface area contributed by atoms with Crippen molar-refractivity contribution in [1.29, 1.82) is 0 Å². The van der Waals surface area contributed by atoms with Crippen LogP contribution in [0.5, 0.6) is 5.75 Å². The molecule has 0 amide bonds. The van der Waals surface area contributed by atoms with Gasteiger partial charge >= 0.3 is 0 Å². The lowest BCUT2D eigenvalue weighted by molar-refractivity contribution is -0.0239. The average molecular weight is 305 g/mol. The van der Waals surface area contributed by atoms with Crippen LogP contribution in [0, 0.1) is 16.2 Å². The van der Waals surface area contributed by atoms with Crippen LogP contribution < -0.4 is 0 Å². The topological polar surface area (TPSA) is 20.2 Å². The number of aromatic hydroxyl groups is 1. The van der Waals surface area contributed by atoms with Gasteiger partial charge in [-0.25, -0.2) is 0 Å². The minimum absolute atomic E-state index is 0.322. The van der Waals surface area contributed by atoms with E-state index >= 15 is 0 Å². The van der Waals surface area contributed by atoms with E-state index in [9.17, 15) is 5.11 Å². The molecule has 0 aliphatic heterocycles. The maximum atomic E-state index is 9.31. The van der Waals surface area contributed by atoms with Crippen LogP contribution in [-0.4, -0.2) is 5.11 Å². The van der Waals surface area contributed by atoms with Crippen molar-refractivity contribution in [2.45, 2.75) is 80.6 Å². The number of aryl methyl sites for hydroxylation is 1. The Balaban J connectivity index is 2.46. The molecule has 22 heavy (non-hydrogen) atoms. The molecule has 0 atom stereocenters. The summed E-state index contributed by atoms with van der Waals surface area (Å²) < 4.78 is 0. The third-order valence-corrected chi connectivity index (χ3v) is 5.89. The summed E-state index contributed by atoms with van der Waals surface area (Å²) in [4.78, 5) is 0. The number of phenols is 1. The van der Waals surface area contributed by atoms with Gasteiger partial charge in [0, 0.05) is 0 Å². The second-order valence-electron chi connectivity index (χ2n) is 9.06. The maximum Gasteiger partial charge on any atom is 0.115 e. The molecule has 0 spiro atoms. The van der Waals surface area contributed by atoms with Crippen molar-refractivity contribution < 1.29 is 5.11 Å². The van der Waals surface area contributed by atoms with Gasteiger partial charge in [0.1, 0.15) is 5.75 Å². The highest BCUT2D eigenvalue weighted by molar-refractivity contribution is 5.25. The Kier molecular flexibility index (Phi) is 6.12. The monoisotopic (exact) mass is 304 g/mol. The van der Waals surface area contributed by atoms with Crippen molar-refractivity contribution in [3.63, 3.8) is 0 Å². The van der Waals surface area contributed by atoms with Crippen LogP contribution in [0.25, 0.3) is 0 Å². The number of phenolic OH excluding ortho intramolecular Hbond substituents is 1. The summed E-state index contributed by atoms with van der Waals surface area (Å²) in [7, 11) is 0. The van der Waals surface area contributed by atoms with E-state index in [2.05, 4.69) is 48.5 Å². The molecule has 0 radical (unpaired) electrons. The Morgan fingerprint density at radius 2 is 1.23 bits per heavy atom. The van der Waals surface area contributed by atoms with Crippen LogP contribution in [-0.2, 0) is 6.42 Å². The van der Waals surface area contributed by atoms with E-state index in [0.717, 1.165) is 6.42 Å². The van der Waals surface area contributed by atoms with Crippen molar-refractivity contribution >= 4 is 0 Å². The summed E-state index contributed by atoms with van der Waals surface area (Å²) in [6, 6.07) is 7.63. The van der Waals surface area contributed by atoms with Gasteiger partial charge in [0.2, 0.25) is 0 Å². The van der Waals surface area contributed by atoms with Gasteiger partial charge in [0.25, 0.3) is 0 Å². The van der Waals surface area contributed by atoms with E-state index in [4.69, 9.17) is 0 Å². The first-order valence-electron chi connectivity index (χ1n) is 8.75. The van der Waals surface area contributed by atoms with Crippen LogP contribution in [0.15, 0.2) is 24.3 Å². The third kappa shape index (κ3) is 4.76. The standard InChI is InChI=1S/C21H36O/c1-19(2,3)21(7,20(4,5)6)16-10-8-9-11-17-12-14-18(22)15-13-17/h12-15,22H,8-11,16H2,1-7H3. The predicted molar refractivity (Wildman–Crippen MR) is 97.3 cm³/mol. The van der Waals surface area contributed by atoms with Gasteiger partial charge in [-0.3, -0.25) is 0 Å². The second-order valence-corrected chi connectivity index (χ2v) is 9.06. The molecule has 0 unspecified atom stereocenters. The Morgan fingerprint density at radius 3 is 1.68 bits per heavy atom. The number of benzene rings is 1. The van der Waals surface area contributed by atoms with Crippen LogP contribution >= 0.6 is 0 Å². The fraction of sp³-hybridized carbons (Fsp3) is 0.714. The van der Waals surface area contributed by atoms with E-state index in [0.29, 0.717) is 22.0 Å². The number of hydrogen-bond donors (Lipinski definition) is 1. The van der Waals surface area contributed by atoms with E-state index in [1.807, 2.05) is 12.1 Å². The van der Waals surface area contributed by atoms with E-state index < -0.39 is 0 Å². The lowest BCUT2D eigenvalue weighted by atomic mass is 9.53. The highest BCUT2D eigenvalue weighted by atomic mass is 16.3. The smallest absolute Gasteiger partial charge is 0.115 e. The molecule has 0 saturated heterocycles. The molecular formula is C21H36O. The molecule has 0 saturated carbocycles. The molecule has 126 valence electrons. The largest absolute Gasteiger partial charge is 0.508 e. The van der Waals surface area contributed by atoms with Gasteiger partial charge in [0.15, 0.2) is 0 Å². The molecular weight excluding hydrogens is 268 g/mol. The van der Waals surface area contributed by atoms with E-state index in [1.165, 1.54) is 31.2 Å². The molecule has 1 rings (SSSR count). The van der Waals surface area contributed by atoms with Crippen molar-refractivity contribution in [2.75, 3.05) is 0 Å². The number of hydrogen-bond acceptors (Lipinski definition) is 1. The molecule has 1 aromatic rings. The summed E-state index contributed by atoms with van der Waals surface area (Å²) in [6.45, 7) is 16.8. The Bertz CT molecular complexity index is 428. The quantitative estimate of drug-likeness (QED) is 0.587. The van der Waals surface area contributed by atoms with Gasteiger partial charge < -0.3 is 5.11 Å². The molecule has 1 nitrogen and oxygen atoms in total. The first-order chi connectivity index (χ1) is 9.97. The number of rotatable bonds is 6. The van der Waals surface area contributed by atoms with E-state index in [1.54, 1.807) is 12.1 Å². The molecule has 0 aliphatic rings. The molecule has 0 aromatic heterocycles. The maximum absolute atomic E-state index is 9.31. The lowest BCUT2D eigenvalue weighted by Crippen LogP contribution is -2.43. The molecule has 1 aromatic carbocycles. The highest BCUT2D eigenvalue weighted by Crippen LogP contribution is 2.54. The summed E-state index contributed by atoms with van der Waals surface area (Å²) in [5.74, 6) is 0.356. The van der Waals surface area contributed by atoms with Crippen molar-refractivity contribution in [3.05, 3.63) is 29.8 Å². The van der Waals surface area contributed by atoms with Crippen LogP contribution in [0.2, 0.25) is 0 Å². The fourth-order valence-electron chi connectivity index (χ4n) is 3.52. The van der Waals surface area contributed by atoms with Gasteiger partial charge in [-0.05, 0) is 53.2 Å². The molecule has 1 heteroatoms. The Labute approximate surface area is 138 Å². The van der Waals surface area contributed by atoms with Crippen LogP contribution in [0.3, 0.4) is 0 Å². The minimum atomic E-state index is 0.322. The zero-order chi connectivity index (χ0) is 17.0. The minimum Gasteiger partial charge on any atom is -0.508 e. The van der Waals surface area contributed by atoms with E-state index in [-0.39, 0.29) is 0 Å². The molecule has 0 heterocycles. The number of unbranched alkanes of at least 4 members (excludes halogenated alkanes) is 2. The zero-order valence-corrected chi connectivity index (χ0v) is 15.8. The van der Waals surface area contributed by atoms with Crippen LogP contribution in [0.4, 0.5) is 0 Å². The fourth-order valence-corrected chi connectivity index (χ4v) is 3.52. The van der Waals surface area contributed by atoms with Crippen molar-refractivity contribution in [2.24, 2.45) is 16.2 Å². The second kappa shape index (κ2) is 7.06. The molecule has 0 aliphatic carbocycles. The predicted octanol–water partition coefficient (Wildman–Crippen LogP) is 6.59. The Morgan fingerprint density at radius 1 is 0.727 bits per heavy atom. The molecule has 0 bridgehead atoms. The first-order valence-corrected chi connectivity index (χ1v) is 8.75. The Hall–Kier alpha value is -0.980. The highest BCUT2D eigenvalue weighted by Gasteiger charge is 2.45. The van der Waals surface area contributed by atoms with Gasteiger partial charge in [-0.15, -0.1) is 0 Å². The average Bonchev–Trinajstić information content (AvgIpc) is 2.37. The SMILES string of the molecule is CC(C)(C)C(C)(CCCCCc1ccc(O)cc1)C(C)(C)C. The summed E-state index contributed by atoms with van der Waals surface area (Å²) in [5.41, 5.74) is 2.32.